The number of anilines is 3. The molecule has 1 aliphatic rings. The van der Waals surface area contributed by atoms with Crippen molar-refractivity contribution in [2.45, 2.75) is 13.2 Å². The molecule has 0 amide bonds. The largest absolute Gasteiger partial charge is 0.356 e. The second-order valence-electron chi connectivity index (χ2n) is 6.93. The van der Waals surface area contributed by atoms with E-state index in [-0.39, 0.29) is 6.23 Å². The highest BCUT2D eigenvalue weighted by Crippen LogP contribution is 2.37. The number of benzene rings is 2. The summed E-state index contributed by atoms with van der Waals surface area (Å²) in [6.07, 6.45) is 1.54. The van der Waals surface area contributed by atoms with Gasteiger partial charge < -0.3 is 20.3 Å². The normalized spacial score (nSPS) is 16.3. The highest BCUT2D eigenvalue weighted by Gasteiger charge is 2.22. The molecule has 1 saturated heterocycles. The maximum absolute atomic E-state index is 9.70. The van der Waals surface area contributed by atoms with Gasteiger partial charge in [0.25, 0.3) is 0 Å². The van der Waals surface area contributed by atoms with Crippen LogP contribution in [0.3, 0.4) is 0 Å². The van der Waals surface area contributed by atoms with Gasteiger partial charge in [0.2, 0.25) is 0 Å². The molecule has 30 heavy (non-hydrogen) atoms. The average molecular weight is 487 g/mol. The molecule has 1 atom stereocenters. The minimum atomic E-state index is -0.0513. The van der Waals surface area contributed by atoms with E-state index in [0.717, 1.165) is 46.4 Å². The SMILES string of the molecule is CCN(c1cc(Br)c2ncc(C#N)c(Nc3cccc(Cl)c3)c2c1)C1CNCCO1. The van der Waals surface area contributed by atoms with Gasteiger partial charge in [-0.2, -0.15) is 5.26 Å². The highest BCUT2D eigenvalue weighted by molar-refractivity contribution is 9.10. The molecule has 0 bridgehead atoms. The standard InChI is InChI=1S/C22H21BrClN5O/c1-2-29(20-13-26-6-7-30-20)17-9-18-21(28-16-5-3-4-15(24)8-16)14(11-25)12-27-22(18)19(23)10-17/h3-5,8-10,12,20,26H,2,6-7,13H2,1H3,(H,27,28). The number of morpholine rings is 1. The number of hydrogen-bond donors (Lipinski definition) is 2. The lowest BCUT2D eigenvalue weighted by Gasteiger charge is -2.35. The van der Waals surface area contributed by atoms with Crippen LogP contribution in [-0.4, -0.2) is 37.5 Å². The number of nitriles is 1. The first kappa shape index (κ1) is 20.9. The quantitative estimate of drug-likeness (QED) is 0.526. The van der Waals surface area contributed by atoms with E-state index >= 15 is 0 Å². The molecule has 4 rings (SSSR count). The zero-order chi connectivity index (χ0) is 21.1. The van der Waals surface area contributed by atoms with Crippen molar-refractivity contribution in [3.05, 3.63) is 57.7 Å². The van der Waals surface area contributed by atoms with Crippen LogP contribution >= 0.6 is 27.5 Å². The molecule has 2 N–H and O–H groups in total. The number of fused-ring (bicyclic) bond motifs is 1. The third-order valence-corrected chi connectivity index (χ3v) is 5.89. The number of aromatic nitrogens is 1. The molecule has 1 fully saturated rings. The number of likely N-dealkylation sites (N-methyl/N-ethyl adjacent to an activating group) is 1. The fraction of sp³-hybridized carbons (Fsp3) is 0.273. The summed E-state index contributed by atoms with van der Waals surface area (Å²) in [6, 6.07) is 13.8. The lowest BCUT2D eigenvalue weighted by atomic mass is 10.1. The van der Waals surface area contributed by atoms with Gasteiger partial charge in [0.05, 0.1) is 23.4 Å². The second-order valence-corrected chi connectivity index (χ2v) is 8.22. The topological polar surface area (TPSA) is 73.2 Å². The van der Waals surface area contributed by atoms with Crippen LogP contribution in [0.25, 0.3) is 10.9 Å². The van der Waals surface area contributed by atoms with Gasteiger partial charge >= 0.3 is 0 Å². The maximum atomic E-state index is 9.70. The van der Waals surface area contributed by atoms with Crippen molar-refractivity contribution in [3.8, 4) is 6.07 Å². The van der Waals surface area contributed by atoms with E-state index in [1.165, 1.54) is 0 Å². The lowest BCUT2D eigenvalue weighted by Crippen LogP contribution is -2.49. The summed E-state index contributed by atoms with van der Waals surface area (Å²) >= 11 is 9.82. The molecule has 6 nitrogen and oxygen atoms in total. The Morgan fingerprint density at radius 3 is 2.97 bits per heavy atom. The van der Waals surface area contributed by atoms with Crippen molar-refractivity contribution in [2.24, 2.45) is 0 Å². The van der Waals surface area contributed by atoms with E-state index in [2.05, 4.69) is 55.5 Å². The van der Waals surface area contributed by atoms with Gasteiger partial charge in [0.15, 0.2) is 0 Å². The Labute approximate surface area is 188 Å². The van der Waals surface area contributed by atoms with Crippen LogP contribution in [0.4, 0.5) is 17.1 Å². The van der Waals surface area contributed by atoms with Gasteiger partial charge in [-0.25, -0.2) is 0 Å². The van der Waals surface area contributed by atoms with Crippen molar-refractivity contribution in [1.29, 1.82) is 5.26 Å². The third kappa shape index (κ3) is 4.23. The van der Waals surface area contributed by atoms with Crippen molar-refractivity contribution >= 4 is 55.5 Å². The van der Waals surface area contributed by atoms with E-state index in [1.54, 1.807) is 6.20 Å². The van der Waals surface area contributed by atoms with Crippen LogP contribution in [0.2, 0.25) is 5.02 Å². The van der Waals surface area contributed by atoms with Crippen LogP contribution in [0, 0.1) is 11.3 Å². The van der Waals surface area contributed by atoms with Crippen LogP contribution in [0.5, 0.6) is 0 Å². The minimum Gasteiger partial charge on any atom is -0.356 e. The summed E-state index contributed by atoms with van der Waals surface area (Å²) < 4.78 is 6.83. The Kier molecular flexibility index (Phi) is 6.40. The van der Waals surface area contributed by atoms with Crippen molar-refractivity contribution < 1.29 is 4.74 Å². The van der Waals surface area contributed by atoms with E-state index in [9.17, 15) is 5.26 Å². The first-order valence-electron chi connectivity index (χ1n) is 9.74. The smallest absolute Gasteiger partial charge is 0.142 e. The van der Waals surface area contributed by atoms with Crippen LogP contribution in [0.1, 0.15) is 12.5 Å². The number of halogens is 2. The van der Waals surface area contributed by atoms with Crippen LogP contribution in [0.15, 0.2) is 47.1 Å². The van der Waals surface area contributed by atoms with Gasteiger partial charge in [-0.3, -0.25) is 4.98 Å². The number of nitrogens with one attached hydrogen (secondary N) is 2. The fourth-order valence-electron chi connectivity index (χ4n) is 3.65. The summed E-state index contributed by atoms with van der Waals surface area (Å²) in [5.41, 5.74) is 3.74. The Morgan fingerprint density at radius 1 is 1.40 bits per heavy atom. The van der Waals surface area contributed by atoms with E-state index in [4.69, 9.17) is 16.3 Å². The molecule has 0 saturated carbocycles. The molecule has 1 aromatic heterocycles. The molecule has 2 aromatic carbocycles. The fourth-order valence-corrected chi connectivity index (χ4v) is 4.39. The van der Waals surface area contributed by atoms with Gasteiger partial charge in [-0.05, 0) is 53.2 Å². The first-order chi connectivity index (χ1) is 14.6. The molecule has 0 spiro atoms. The summed E-state index contributed by atoms with van der Waals surface area (Å²) in [7, 11) is 0. The molecule has 1 aliphatic heterocycles. The Morgan fingerprint density at radius 2 is 2.27 bits per heavy atom. The molecule has 8 heteroatoms. The summed E-state index contributed by atoms with van der Waals surface area (Å²) in [4.78, 5) is 6.72. The predicted molar refractivity (Wildman–Crippen MR) is 125 cm³/mol. The maximum Gasteiger partial charge on any atom is 0.142 e. The molecule has 1 unspecified atom stereocenters. The third-order valence-electron chi connectivity index (χ3n) is 5.05. The molecular formula is C22H21BrClN5O. The monoisotopic (exact) mass is 485 g/mol. The number of nitrogens with zero attached hydrogens (tertiary/aromatic N) is 3. The van der Waals surface area contributed by atoms with E-state index in [1.807, 2.05) is 30.3 Å². The number of rotatable bonds is 5. The highest BCUT2D eigenvalue weighted by atomic mass is 79.9. The summed E-state index contributed by atoms with van der Waals surface area (Å²) in [5.74, 6) is 0. The predicted octanol–water partition coefficient (Wildman–Crippen LogP) is 5.04. The Bertz CT molecular complexity index is 1110. The molecule has 3 aromatic rings. The molecule has 154 valence electrons. The van der Waals surface area contributed by atoms with E-state index in [0.29, 0.717) is 22.9 Å². The number of pyridine rings is 1. The zero-order valence-corrected chi connectivity index (χ0v) is 18.8. The second kappa shape index (κ2) is 9.19. The number of hydrogen-bond acceptors (Lipinski definition) is 6. The summed E-state index contributed by atoms with van der Waals surface area (Å²) in [5, 5.41) is 17.9. The molecular weight excluding hydrogens is 466 g/mol. The molecule has 0 aliphatic carbocycles. The van der Waals surface area contributed by atoms with Gasteiger partial charge in [0, 0.05) is 52.1 Å². The Hall–Kier alpha value is -2.37. The van der Waals surface area contributed by atoms with Crippen LogP contribution in [-0.2, 0) is 4.74 Å². The van der Waals surface area contributed by atoms with Gasteiger partial charge in [0.1, 0.15) is 12.3 Å². The van der Waals surface area contributed by atoms with E-state index < -0.39 is 0 Å². The zero-order valence-electron chi connectivity index (χ0n) is 16.5. The van der Waals surface area contributed by atoms with Crippen molar-refractivity contribution in [1.82, 2.24) is 10.3 Å². The lowest BCUT2D eigenvalue weighted by molar-refractivity contribution is 0.0272. The minimum absolute atomic E-state index is 0.0513. The van der Waals surface area contributed by atoms with Crippen LogP contribution < -0.4 is 15.5 Å². The van der Waals surface area contributed by atoms with Crippen molar-refractivity contribution in [2.75, 3.05) is 36.5 Å². The first-order valence-corrected chi connectivity index (χ1v) is 10.9. The Balaban J connectivity index is 1.84. The van der Waals surface area contributed by atoms with Crippen molar-refractivity contribution in [3.63, 3.8) is 0 Å². The van der Waals surface area contributed by atoms with Gasteiger partial charge in [-0.15, -0.1) is 0 Å². The summed E-state index contributed by atoms with van der Waals surface area (Å²) in [6.45, 7) is 5.18. The average Bonchev–Trinajstić information content (AvgIpc) is 2.75. The van der Waals surface area contributed by atoms with Gasteiger partial charge in [-0.1, -0.05) is 17.7 Å². The molecule has 0 radical (unpaired) electrons. The molecule has 2 heterocycles. The number of ether oxygens (including phenoxy) is 1.